The normalized spacial score (nSPS) is 22.0. The topological polar surface area (TPSA) is 54.7 Å². The molecule has 3 heterocycles. The molecule has 0 spiro atoms. The summed E-state index contributed by atoms with van der Waals surface area (Å²) in [7, 11) is 0. The molecule has 0 N–H and O–H groups in total. The summed E-state index contributed by atoms with van der Waals surface area (Å²) in [6.45, 7) is 7.61. The molecule has 0 bridgehead atoms. The molecule has 1 saturated heterocycles. The second-order valence-corrected chi connectivity index (χ2v) is 6.57. The minimum Gasteiger partial charge on any atom is -0.338 e. The summed E-state index contributed by atoms with van der Waals surface area (Å²) >= 11 is 0. The summed E-state index contributed by atoms with van der Waals surface area (Å²) in [5.74, 6) is 0.726. The van der Waals surface area contributed by atoms with Gasteiger partial charge in [0, 0.05) is 25.5 Å². The molecule has 2 atom stereocenters. The van der Waals surface area contributed by atoms with E-state index in [2.05, 4.69) is 18.8 Å². The minimum absolute atomic E-state index is 0.157. The zero-order valence-electron chi connectivity index (χ0n) is 13.2. The predicted molar refractivity (Wildman–Crippen MR) is 85.0 cm³/mol. The van der Waals surface area contributed by atoms with Crippen molar-refractivity contribution in [2.45, 2.75) is 27.2 Å². The third-order valence-corrected chi connectivity index (χ3v) is 4.24. The number of hydrogen-bond donors (Lipinski definition) is 0. The highest BCUT2D eigenvalue weighted by Crippen LogP contribution is 2.21. The summed E-state index contributed by atoms with van der Waals surface area (Å²) in [4.78, 5) is 31.4. The molecular weight excluding hydrogens is 278 g/mol. The van der Waals surface area contributed by atoms with Crippen molar-refractivity contribution in [1.82, 2.24) is 14.3 Å². The van der Waals surface area contributed by atoms with Crippen LogP contribution in [-0.4, -0.2) is 33.3 Å². The molecule has 22 heavy (non-hydrogen) atoms. The molecule has 0 saturated carbocycles. The average molecular weight is 299 g/mol. The molecule has 5 nitrogen and oxygen atoms in total. The predicted octanol–water partition coefficient (Wildman–Crippen LogP) is 2.12. The van der Waals surface area contributed by atoms with Crippen LogP contribution in [0.25, 0.3) is 5.65 Å². The number of carbonyl (C=O) groups is 1. The van der Waals surface area contributed by atoms with Crippen LogP contribution < -0.4 is 5.56 Å². The van der Waals surface area contributed by atoms with E-state index in [0.717, 1.165) is 12.0 Å². The molecule has 0 aliphatic carbocycles. The van der Waals surface area contributed by atoms with E-state index in [1.54, 1.807) is 17.2 Å². The fourth-order valence-electron chi connectivity index (χ4n) is 3.33. The standard InChI is InChI=1S/C17H21N3O2/c1-11-4-5-15-18-7-14(17(22)20(15)10-11)16(21)19-8-12(2)6-13(3)9-19/h4-5,7,10,12-13H,6,8-9H2,1-3H3. The van der Waals surface area contributed by atoms with Crippen LogP contribution in [0.1, 0.15) is 36.2 Å². The van der Waals surface area contributed by atoms with E-state index in [0.29, 0.717) is 30.6 Å². The molecule has 2 aromatic rings. The number of aromatic nitrogens is 2. The van der Waals surface area contributed by atoms with Crippen molar-refractivity contribution in [1.29, 1.82) is 0 Å². The first-order chi connectivity index (χ1) is 10.5. The van der Waals surface area contributed by atoms with Gasteiger partial charge in [-0.3, -0.25) is 14.0 Å². The van der Waals surface area contributed by atoms with Gasteiger partial charge in [0.15, 0.2) is 0 Å². The van der Waals surface area contributed by atoms with Gasteiger partial charge in [0.05, 0.1) is 0 Å². The Kier molecular flexibility index (Phi) is 3.72. The first-order valence-electron chi connectivity index (χ1n) is 7.73. The molecular formula is C17H21N3O2. The van der Waals surface area contributed by atoms with Gasteiger partial charge in [0.2, 0.25) is 0 Å². The lowest BCUT2D eigenvalue weighted by atomic mass is 9.91. The van der Waals surface area contributed by atoms with Gasteiger partial charge in [-0.05, 0) is 36.8 Å². The molecule has 1 amide bonds. The van der Waals surface area contributed by atoms with Crippen LogP contribution in [0, 0.1) is 18.8 Å². The van der Waals surface area contributed by atoms with Crippen molar-refractivity contribution in [2.24, 2.45) is 11.8 Å². The Hall–Kier alpha value is -2.17. The van der Waals surface area contributed by atoms with Crippen LogP contribution >= 0.6 is 0 Å². The van der Waals surface area contributed by atoms with Crippen LogP contribution in [0.15, 0.2) is 29.3 Å². The third-order valence-electron chi connectivity index (χ3n) is 4.24. The summed E-state index contributed by atoms with van der Waals surface area (Å²) in [6.07, 6.45) is 4.26. The van der Waals surface area contributed by atoms with Gasteiger partial charge in [0.1, 0.15) is 11.2 Å². The quantitative estimate of drug-likeness (QED) is 0.810. The molecule has 2 aromatic heterocycles. The van der Waals surface area contributed by atoms with Crippen LogP contribution in [-0.2, 0) is 0 Å². The Balaban J connectivity index is 2.01. The molecule has 1 aliphatic rings. The third kappa shape index (κ3) is 2.63. The highest BCUT2D eigenvalue weighted by Gasteiger charge is 2.27. The van der Waals surface area contributed by atoms with Crippen molar-refractivity contribution in [3.63, 3.8) is 0 Å². The van der Waals surface area contributed by atoms with Crippen LogP contribution in [0.2, 0.25) is 0 Å². The Bertz CT molecular complexity index is 771. The fraction of sp³-hybridized carbons (Fsp3) is 0.471. The van der Waals surface area contributed by atoms with Gasteiger partial charge in [-0.15, -0.1) is 0 Å². The van der Waals surface area contributed by atoms with E-state index >= 15 is 0 Å². The second kappa shape index (κ2) is 5.55. The lowest BCUT2D eigenvalue weighted by Gasteiger charge is -2.34. The fourth-order valence-corrected chi connectivity index (χ4v) is 3.33. The van der Waals surface area contributed by atoms with Crippen molar-refractivity contribution in [3.8, 4) is 0 Å². The molecule has 0 radical (unpaired) electrons. The molecule has 2 unspecified atom stereocenters. The highest BCUT2D eigenvalue weighted by molar-refractivity contribution is 5.93. The van der Waals surface area contributed by atoms with E-state index in [-0.39, 0.29) is 17.0 Å². The van der Waals surface area contributed by atoms with Crippen LogP contribution in [0.5, 0.6) is 0 Å². The maximum absolute atomic E-state index is 12.7. The van der Waals surface area contributed by atoms with Gasteiger partial charge >= 0.3 is 0 Å². The first kappa shape index (κ1) is 14.8. The monoisotopic (exact) mass is 299 g/mol. The Morgan fingerprint density at radius 3 is 2.59 bits per heavy atom. The van der Waals surface area contributed by atoms with Crippen molar-refractivity contribution in [2.75, 3.05) is 13.1 Å². The van der Waals surface area contributed by atoms with Gasteiger partial charge in [-0.1, -0.05) is 19.9 Å². The zero-order chi connectivity index (χ0) is 15.9. The number of hydrogen-bond acceptors (Lipinski definition) is 3. The number of piperidine rings is 1. The zero-order valence-corrected chi connectivity index (χ0v) is 13.2. The van der Waals surface area contributed by atoms with Gasteiger partial charge in [-0.25, -0.2) is 4.98 Å². The lowest BCUT2D eigenvalue weighted by Crippen LogP contribution is -2.44. The van der Waals surface area contributed by atoms with E-state index in [1.165, 1.54) is 10.6 Å². The van der Waals surface area contributed by atoms with Crippen molar-refractivity contribution >= 4 is 11.6 Å². The summed E-state index contributed by atoms with van der Waals surface area (Å²) in [6, 6.07) is 3.69. The number of rotatable bonds is 1. The maximum Gasteiger partial charge on any atom is 0.270 e. The van der Waals surface area contributed by atoms with Crippen LogP contribution in [0.4, 0.5) is 0 Å². The van der Waals surface area contributed by atoms with E-state index in [9.17, 15) is 9.59 Å². The number of carbonyl (C=O) groups excluding carboxylic acids is 1. The Morgan fingerprint density at radius 2 is 1.91 bits per heavy atom. The number of nitrogens with zero attached hydrogens (tertiary/aromatic N) is 3. The van der Waals surface area contributed by atoms with E-state index < -0.39 is 0 Å². The number of fused-ring (bicyclic) bond motifs is 1. The summed E-state index contributed by atoms with van der Waals surface area (Å²) in [5.41, 5.74) is 1.39. The first-order valence-corrected chi connectivity index (χ1v) is 7.73. The maximum atomic E-state index is 12.7. The lowest BCUT2D eigenvalue weighted by molar-refractivity contribution is 0.0620. The van der Waals surface area contributed by atoms with Gasteiger partial charge in [0.25, 0.3) is 11.5 Å². The van der Waals surface area contributed by atoms with Gasteiger partial charge < -0.3 is 4.90 Å². The van der Waals surface area contributed by atoms with Crippen molar-refractivity contribution in [3.05, 3.63) is 46.0 Å². The van der Waals surface area contributed by atoms with Gasteiger partial charge in [-0.2, -0.15) is 0 Å². The molecule has 1 aliphatic heterocycles. The number of likely N-dealkylation sites (tertiary alicyclic amines) is 1. The Labute approximate surface area is 129 Å². The van der Waals surface area contributed by atoms with Crippen molar-refractivity contribution < 1.29 is 4.79 Å². The second-order valence-electron chi connectivity index (χ2n) is 6.57. The molecule has 5 heteroatoms. The molecule has 116 valence electrons. The van der Waals surface area contributed by atoms with E-state index in [4.69, 9.17) is 0 Å². The SMILES string of the molecule is Cc1ccc2ncc(C(=O)N3CC(C)CC(C)C3)c(=O)n2c1. The Morgan fingerprint density at radius 1 is 1.23 bits per heavy atom. The van der Waals surface area contributed by atoms with E-state index in [1.807, 2.05) is 13.0 Å². The average Bonchev–Trinajstić information content (AvgIpc) is 2.46. The molecule has 0 aromatic carbocycles. The largest absolute Gasteiger partial charge is 0.338 e. The number of pyridine rings is 1. The highest BCUT2D eigenvalue weighted by atomic mass is 16.2. The minimum atomic E-state index is -0.287. The number of aryl methyl sites for hydroxylation is 1. The molecule has 1 fully saturated rings. The van der Waals surface area contributed by atoms with Crippen LogP contribution in [0.3, 0.4) is 0 Å². The smallest absolute Gasteiger partial charge is 0.270 e. The summed E-state index contributed by atoms with van der Waals surface area (Å²) < 4.78 is 1.46. The molecule has 3 rings (SSSR count). The summed E-state index contributed by atoms with van der Waals surface area (Å²) in [5, 5.41) is 0. The number of amides is 1.